The van der Waals surface area contributed by atoms with Crippen LogP contribution < -0.4 is 14.8 Å². The van der Waals surface area contributed by atoms with Gasteiger partial charge in [-0.15, -0.1) is 0 Å². The van der Waals surface area contributed by atoms with E-state index < -0.39 is 6.04 Å². The standard InChI is InChI=1S/C26H36N2O4/c1-18(2)15-27-26(30)20(5)28(16-21-11-13-22(31-6)14-12-21)25(29)17-32-24-10-8-7-9-23(24)19(3)4/h7-14,18-20H,15-17H2,1-6H3,(H,27,30)/t20-/m1/s1. The Balaban J connectivity index is 2.18. The lowest BCUT2D eigenvalue weighted by Crippen LogP contribution is -2.49. The third-order valence-corrected chi connectivity index (χ3v) is 5.26. The van der Waals surface area contributed by atoms with Crippen molar-refractivity contribution in [2.75, 3.05) is 20.3 Å². The third-order valence-electron chi connectivity index (χ3n) is 5.26. The van der Waals surface area contributed by atoms with Crippen LogP contribution in [0.4, 0.5) is 0 Å². The summed E-state index contributed by atoms with van der Waals surface area (Å²) in [5.74, 6) is 1.61. The van der Waals surface area contributed by atoms with Crippen LogP contribution in [0.5, 0.6) is 11.5 Å². The van der Waals surface area contributed by atoms with Gasteiger partial charge in [0.2, 0.25) is 5.91 Å². The fourth-order valence-electron chi connectivity index (χ4n) is 3.27. The van der Waals surface area contributed by atoms with Gasteiger partial charge in [0, 0.05) is 13.1 Å². The van der Waals surface area contributed by atoms with Crippen LogP contribution in [-0.4, -0.2) is 43.0 Å². The average molecular weight is 441 g/mol. The van der Waals surface area contributed by atoms with Crippen molar-refractivity contribution in [2.45, 2.75) is 53.1 Å². The van der Waals surface area contributed by atoms with Crippen LogP contribution in [-0.2, 0) is 16.1 Å². The Kier molecular flexibility index (Phi) is 9.57. The number of hydrogen-bond acceptors (Lipinski definition) is 4. The van der Waals surface area contributed by atoms with Crippen molar-refractivity contribution in [1.29, 1.82) is 0 Å². The summed E-state index contributed by atoms with van der Waals surface area (Å²) < 4.78 is 11.1. The summed E-state index contributed by atoms with van der Waals surface area (Å²) >= 11 is 0. The van der Waals surface area contributed by atoms with E-state index in [1.165, 1.54) is 0 Å². The first kappa shape index (κ1) is 25.2. The minimum atomic E-state index is -0.632. The Labute approximate surface area is 191 Å². The second-order valence-electron chi connectivity index (χ2n) is 8.67. The Morgan fingerprint density at radius 1 is 0.969 bits per heavy atom. The van der Waals surface area contributed by atoms with Gasteiger partial charge in [0.1, 0.15) is 17.5 Å². The van der Waals surface area contributed by atoms with Crippen LogP contribution in [0.3, 0.4) is 0 Å². The highest BCUT2D eigenvalue weighted by atomic mass is 16.5. The van der Waals surface area contributed by atoms with Gasteiger partial charge in [-0.3, -0.25) is 9.59 Å². The zero-order chi connectivity index (χ0) is 23.7. The molecule has 2 amide bonds. The lowest BCUT2D eigenvalue weighted by Gasteiger charge is -2.29. The van der Waals surface area contributed by atoms with Crippen LogP contribution in [0.25, 0.3) is 0 Å². The van der Waals surface area contributed by atoms with Crippen LogP contribution >= 0.6 is 0 Å². The van der Waals surface area contributed by atoms with E-state index in [2.05, 4.69) is 19.2 Å². The molecule has 2 aromatic carbocycles. The molecule has 2 rings (SSSR count). The van der Waals surface area contributed by atoms with E-state index in [-0.39, 0.29) is 24.3 Å². The quantitative estimate of drug-likeness (QED) is 0.563. The van der Waals surface area contributed by atoms with Gasteiger partial charge in [0.05, 0.1) is 7.11 Å². The van der Waals surface area contributed by atoms with Crippen LogP contribution in [0, 0.1) is 5.92 Å². The molecule has 0 unspecified atom stereocenters. The average Bonchev–Trinajstić information content (AvgIpc) is 2.79. The second-order valence-corrected chi connectivity index (χ2v) is 8.67. The van der Waals surface area contributed by atoms with E-state index in [0.29, 0.717) is 24.8 Å². The SMILES string of the molecule is COc1ccc(CN(C(=O)COc2ccccc2C(C)C)[C@H](C)C(=O)NCC(C)C)cc1. The number of hydrogen-bond donors (Lipinski definition) is 1. The molecular formula is C26H36N2O4. The second kappa shape index (κ2) is 12.1. The first-order valence-electron chi connectivity index (χ1n) is 11.1. The molecule has 0 aliphatic carbocycles. The maximum Gasteiger partial charge on any atom is 0.261 e. The summed E-state index contributed by atoms with van der Waals surface area (Å²) in [5, 5.41) is 2.93. The molecule has 0 aromatic heterocycles. The molecule has 6 heteroatoms. The molecule has 2 aromatic rings. The largest absolute Gasteiger partial charge is 0.497 e. The fraction of sp³-hybridized carbons (Fsp3) is 0.462. The molecule has 6 nitrogen and oxygen atoms in total. The van der Waals surface area contributed by atoms with E-state index in [1.807, 2.05) is 62.4 Å². The number of para-hydroxylation sites is 1. The van der Waals surface area contributed by atoms with Crippen molar-refractivity contribution in [3.05, 3.63) is 59.7 Å². The van der Waals surface area contributed by atoms with Gasteiger partial charge in [0.25, 0.3) is 5.91 Å². The monoisotopic (exact) mass is 440 g/mol. The lowest BCUT2D eigenvalue weighted by atomic mass is 10.0. The summed E-state index contributed by atoms with van der Waals surface area (Å²) in [6.07, 6.45) is 0. The summed E-state index contributed by atoms with van der Waals surface area (Å²) in [5.41, 5.74) is 1.95. The lowest BCUT2D eigenvalue weighted by molar-refractivity contribution is -0.142. The first-order chi connectivity index (χ1) is 15.2. The molecule has 0 saturated heterocycles. The molecule has 1 N–H and O–H groups in total. The van der Waals surface area contributed by atoms with E-state index in [9.17, 15) is 9.59 Å². The van der Waals surface area contributed by atoms with Gasteiger partial charge < -0.3 is 19.7 Å². The summed E-state index contributed by atoms with van der Waals surface area (Å²) in [4.78, 5) is 27.5. The highest BCUT2D eigenvalue weighted by molar-refractivity contribution is 5.88. The van der Waals surface area contributed by atoms with Crippen molar-refractivity contribution in [1.82, 2.24) is 10.2 Å². The molecule has 174 valence electrons. The van der Waals surface area contributed by atoms with Crippen molar-refractivity contribution >= 4 is 11.8 Å². The zero-order valence-corrected chi connectivity index (χ0v) is 20.1. The number of benzene rings is 2. The predicted octanol–water partition coefficient (Wildman–Crippen LogP) is 4.39. The van der Waals surface area contributed by atoms with E-state index in [4.69, 9.17) is 9.47 Å². The van der Waals surface area contributed by atoms with Crippen LogP contribution in [0.15, 0.2) is 48.5 Å². The molecule has 0 radical (unpaired) electrons. The van der Waals surface area contributed by atoms with Gasteiger partial charge in [-0.2, -0.15) is 0 Å². The topological polar surface area (TPSA) is 67.9 Å². The minimum absolute atomic E-state index is 0.137. The minimum Gasteiger partial charge on any atom is -0.497 e. The Morgan fingerprint density at radius 2 is 1.62 bits per heavy atom. The predicted molar refractivity (Wildman–Crippen MR) is 127 cm³/mol. The third kappa shape index (κ3) is 7.29. The molecule has 0 bridgehead atoms. The number of carbonyl (C=O) groups is 2. The van der Waals surface area contributed by atoms with Gasteiger partial charge >= 0.3 is 0 Å². The van der Waals surface area contributed by atoms with Gasteiger partial charge in [-0.1, -0.05) is 58.0 Å². The number of ether oxygens (including phenoxy) is 2. The Hall–Kier alpha value is -3.02. The molecule has 0 fully saturated rings. The molecule has 32 heavy (non-hydrogen) atoms. The zero-order valence-electron chi connectivity index (χ0n) is 20.1. The van der Waals surface area contributed by atoms with Gasteiger partial charge in [-0.25, -0.2) is 0 Å². The molecule has 0 aliphatic rings. The van der Waals surface area contributed by atoms with Crippen LogP contribution in [0.2, 0.25) is 0 Å². The molecule has 0 aliphatic heterocycles. The highest BCUT2D eigenvalue weighted by Gasteiger charge is 2.27. The molecule has 1 atom stereocenters. The molecule has 0 spiro atoms. The van der Waals surface area contributed by atoms with E-state index in [1.54, 1.807) is 18.9 Å². The summed E-state index contributed by atoms with van der Waals surface area (Å²) in [6, 6.07) is 14.6. The molecule has 0 heterocycles. The van der Waals surface area contributed by atoms with Gasteiger partial charge in [-0.05, 0) is 48.1 Å². The number of methoxy groups -OCH3 is 1. The number of carbonyl (C=O) groups excluding carboxylic acids is 2. The van der Waals surface area contributed by atoms with E-state index >= 15 is 0 Å². The fourth-order valence-corrected chi connectivity index (χ4v) is 3.27. The summed E-state index contributed by atoms with van der Waals surface area (Å²) in [6.45, 7) is 10.7. The number of amides is 2. The molecule has 0 saturated carbocycles. The number of nitrogens with one attached hydrogen (secondary N) is 1. The maximum absolute atomic E-state index is 13.2. The van der Waals surface area contributed by atoms with Crippen LogP contribution in [0.1, 0.15) is 51.7 Å². The van der Waals surface area contributed by atoms with Crippen molar-refractivity contribution in [3.63, 3.8) is 0 Å². The summed E-state index contributed by atoms with van der Waals surface area (Å²) in [7, 11) is 1.61. The Morgan fingerprint density at radius 3 is 2.22 bits per heavy atom. The van der Waals surface area contributed by atoms with Gasteiger partial charge in [0.15, 0.2) is 6.61 Å². The number of rotatable bonds is 11. The first-order valence-corrected chi connectivity index (χ1v) is 11.1. The molecular weight excluding hydrogens is 404 g/mol. The van der Waals surface area contributed by atoms with Crippen molar-refractivity contribution in [2.24, 2.45) is 5.92 Å². The van der Waals surface area contributed by atoms with Crippen molar-refractivity contribution < 1.29 is 19.1 Å². The highest BCUT2D eigenvalue weighted by Crippen LogP contribution is 2.26. The van der Waals surface area contributed by atoms with Crippen molar-refractivity contribution in [3.8, 4) is 11.5 Å². The maximum atomic E-state index is 13.2. The normalized spacial score (nSPS) is 11.9. The van der Waals surface area contributed by atoms with E-state index in [0.717, 1.165) is 16.9 Å². The Bertz CT molecular complexity index is 878. The smallest absolute Gasteiger partial charge is 0.261 e. The number of nitrogens with zero attached hydrogens (tertiary/aromatic N) is 1.